The lowest BCUT2D eigenvalue weighted by Gasteiger charge is -2.19. The van der Waals surface area contributed by atoms with Crippen LogP contribution in [-0.2, 0) is 4.79 Å². The summed E-state index contributed by atoms with van der Waals surface area (Å²) in [6.45, 7) is 7.94. The topological polar surface area (TPSA) is 41.8 Å². The highest BCUT2D eigenvalue weighted by molar-refractivity contribution is 8.26. The molecule has 0 radical (unpaired) electrons. The number of benzene rings is 1. The first-order chi connectivity index (χ1) is 11.1. The lowest BCUT2D eigenvalue weighted by atomic mass is 10.1. The van der Waals surface area contributed by atoms with Crippen molar-refractivity contribution in [2.45, 2.75) is 13.8 Å². The maximum Gasteiger partial charge on any atom is 0.266 e. The molecule has 0 aliphatic carbocycles. The summed E-state index contributed by atoms with van der Waals surface area (Å²) < 4.78 is 0.623. The minimum absolute atomic E-state index is 0.0222. The van der Waals surface area contributed by atoms with Crippen molar-refractivity contribution < 1.29 is 14.5 Å². The van der Waals surface area contributed by atoms with Crippen LogP contribution in [0.3, 0.4) is 0 Å². The number of quaternary nitrogens is 1. The molecular weight excluding hydrogens is 328 g/mol. The van der Waals surface area contributed by atoms with Gasteiger partial charge in [-0.25, -0.2) is 0 Å². The third kappa shape index (κ3) is 4.50. The zero-order valence-corrected chi connectivity index (χ0v) is 15.0. The molecule has 0 spiro atoms. The van der Waals surface area contributed by atoms with Gasteiger partial charge in [0.05, 0.1) is 31.1 Å². The van der Waals surface area contributed by atoms with Gasteiger partial charge in [-0.3, -0.25) is 14.5 Å². The van der Waals surface area contributed by atoms with E-state index >= 15 is 0 Å². The lowest BCUT2D eigenvalue weighted by molar-refractivity contribution is -0.895. The molecule has 1 fully saturated rings. The Bertz CT molecular complexity index is 622. The molecule has 1 N–H and O–H groups in total. The Hall–Kier alpha value is -1.50. The molecule has 0 unspecified atom stereocenters. The normalized spacial score (nSPS) is 16.7. The van der Waals surface area contributed by atoms with Crippen molar-refractivity contribution in [3.05, 3.63) is 40.3 Å². The van der Waals surface area contributed by atoms with Crippen LogP contribution in [0, 0.1) is 0 Å². The molecule has 2 rings (SSSR count). The fraction of sp³-hybridized carbons (Fsp3) is 0.353. The average Bonchev–Trinajstić information content (AvgIpc) is 2.83. The molecule has 122 valence electrons. The van der Waals surface area contributed by atoms with E-state index in [1.54, 1.807) is 17.0 Å². The smallest absolute Gasteiger partial charge is 0.266 e. The minimum atomic E-state index is -0.0222. The van der Waals surface area contributed by atoms with Gasteiger partial charge in [0.25, 0.3) is 5.91 Å². The highest BCUT2D eigenvalue weighted by Gasteiger charge is 2.32. The zero-order valence-electron chi connectivity index (χ0n) is 13.4. The van der Waals surface area contributed by atoms with Crippen LogP contribution < -0.4 is 4.90 Å². The quantitative estimate of drug-likeness (QED) is 0.461. The number of thiocarbonyl (C=S) groups is 1. The Morgan fingerprint density at radius 3 is 2.35 bits per heavy atom. The van der Waals surface area contributed by atoms with Crippen LogP contribution in [0.1, 0.15) is 29.8 Å². The molecule has 4 nitrogen and oxygen atoms in total. The van der Waals surface area contributed by atoms with Gasteiger partial charge in [-0.2, -0.15) is 0 Å². The van der Waals surface area contributed by atoms with Crippen molar-refractivity contribution >= 4 is 46.6 Å². The third-order valence-electron chi connectivity index (χ3n) is 3.93. The second-order valence-electron chi connectivity index (χ2n) is 5.32. The predicted molar refractivity (Wildman–Crippen MR) is 98.6 cm³/mol. The maximum atomic E-state index is 12.5. The first-order valence-corrected chi connectivity index (χ1v) is 8.95. The second kappa shape index (κ2) is 8.38. The molecule has 1 aliphatic rings. The van der Waals surface area contributed by atoms with Gasteiger partial charge in [0.2, 0.25) is 0 Å². The maximum absolute atomic E-state index is 12.5. The standard InChI is InChI=1S/C17H20N2O2S2/c1-3-18(4-2)9-10-19-16(21)15(23-17(19)22)11-13-5-7-14(12-20)8-6-13/h5-8,11-12H,3-4,9-10H2,1-2H3/p+1/b15-11-. The summed E-state index contributed by atoms with van der Waals surface area (Å²) in [4.78, 5) is 27.0. The monoisotopic (exact) mass is 349 g/mol. The van der Waals surface area contributed by atoms with E-state index in [1.807, 2.05) is 18.2 Å². The van der Waals surface area contributed by atoms with Crippen LogP contribution in [0.15, 0.2) is 29.2 Å². The number of likely N-dealkylation sites (N-methyl/N-ethyl adjacent to an activating group) is 1. The molecule has 23 heavy (non-hydrogen) atoms. The zero-order chi connectivity index (χ0) is 16.8. The summed E-state index contributed by atoms with van der Waals surface area (Å²) in [5.74, 6) is -0.0222. The van der Waals surface area contributed by atoms with Gasteiger partial charge < -0.3 is 4.90 Å². The van der Waals surface area contributed by atoms with Crippen LogP contribution >= 0.6 is 24.0 Å². The van der Waals surface area contributed by atoms with E-state index < -0.39 is 0 Å². The summed E-state index contributed by atoms with van der Waals surface area (Å²) in [5.41, 5.74) is 1.52. The van der Waals surface area contributed by atoms with Crippen molar-refractivity contribution in [2.24, 2.45) is 0 Å². The molecule has 1 aromatic carbocycles. The van der Waals surface area contributed by atoms with Gasteiger partial charge in [-0.05, 0) is 25.5 Å². The molecule has 1 aromatic rings. The molecule has 1 heterocycles. The number of rotatable bonds is 7. The van der Waals surface area contributed by atoms with Crippen molar-refractivity contribution in [1.82, 2.24) is 4.90 Å². The molecule has 6 heteroatoms. The number of hydrogen-bond acceptors (Lipinski definition) is 4. The molecular formula is C17H21N2O2S2+. The Labute approximate surface area is 146 Å². The number of aldehydes is 1. The number of thioether (sulfide) groups is 1. The predicted octanol–water partition coefficient (Wildman–Crippen LogP) is 1.63. The van der Waals surface area contributed by atoms with Crippen molar-refractivity contribution in [3.8, 4) is 0 Å². The van der Waals surface area contributed by atoms with E-state index in [-0.39, 0.29) is 5.91 Å². The van der Waals surface area contributed by atoms with Gasteiger partial charge in [0.15, 0.2) is 0 Å². The van der Waals surface area contributed by atoms with E-state index in [1.165, 1.54) is 16.7 Å². The first-order valence-electron chi connectivity index (χ1n) is 7.73. The van der Waals surface area contributed by atoms with E-state index in [2.05, 4.69) is 13.8 Å². The van der Waals surface area contributed by atoms with Crippen LogP contribution in [-0.4, -0.2) is 47.6 Å². The van der Waals surface area contributed by atoms with Crippen LogP contribution in [0.2, 0.25) is 0 Å². The van der Waals surface area contributed by atoms with Crippen LogP contribution in [0.4, 0.5) is 0 Å². The Morgan fingerprint density at radius 2 is 1.78 bits per heavy atom. The molecule has 1 aliphatic heterocycles. The summed E-state index contributed by atoms with van der Waals surface area (Å²) in [5, 5.41) is 0. The number of amides is 1. The summed E-state index contributed by atoms with van der Waals surface area (Å²) in [6.07, 6.45) is 2.64. The first kappa shape index (κ1) is 17.8. The van der Waals surface area contributed by atoms with Gasteiger partial charge in [0.1, 0.15) is 10.6 Å². The Kier molecular flexibility index (Phi) is 6.50. The Morgan fingerprint density at radius 1 is 1.17 bits per heavy atom. The molecule has 0 bridgehead atoms. The summed E-state index contributed by atoms with van der Waals surface area (Å²) in [7, 11) is 0. The fourth-order valence-corrected chi connectivity index (χ4v) is 3.70. The average molecular weight is 350 g/mol. The van der Waals surface area contributed by atoms with Gasteiger partial charge in [-0.15, -0.1) is 0 Å². The summed E-state index contributed by atoms with van der Waals surface area (Å²) in [6, 6.07) is 7.14. The van der Waals surface area contributed by atoms with Crippen LogP contribution in [0.5, 0.6) is 0 Å². The largest absolute Gasteiger partial charge is 0.334 e. The second-order valence-corrected chi connectivity index (χ2v) is 7.00. The molecule has 0 atom stereocenters. The lowest BCUT2D eigenvalue weighted by Crippen LogP contribution is -3.12. The molecule has 0 aromatic heterocycles. The highest BCUT2D eigenvalue weighted by atomic mass is 32.2. The van der Waals surface area contributed by atoms with Crippen molar-refractivity contribution in [1.29, 1.82) is 0 Å². The van der Waals surface area contributed by atoms with E-state index in [4.69, 9.17) is 12.2 Å². The van der Waals surface area contributed by atoms with Crippen molar-refractivity contribution in [2.75, 3.05) is 26.2 Å². The van der Waals surface area contributed by atoms with E-state index in [0.29, 0.717) is 21.3 Å². The number of carbonyl (C=O) groups is 2. The number of hydrogen-bond donors (Lipinski definition) is 1. The third-order valence-corrected chi connectivity index (χ3v) is 5.31. The number of carbonyl (C=O) groups excluding carboxylic acids is 2. The van der Waals surface area contributed by atoms with Crippen molar-refractivity contribution in [3.63, 3.8) is 0 Å². The highest BCUT2D eigenvalue weighted by Crippen LogP contribution is 2.32. The number of nitrogens with zero attached hydrogens (tertiary/aromatic N) is 1. The minimum Gasteiger partial charge on any atom is -0.334 e. The van der Waals surface area contributed by atoms with E-state index in [0.717, 1.165) is 31.5 Å². The van der Waals surface area contributed by atoms with Crippen LogP contribution in [0.25, 0.3) is 6.08 Å². The van der Waals surface area contributed by atoms with E-state index in [9.17, 15) is 9.59 Å². The molecule has 1 saturated heterocycles. The SMILES string of the molecule is CC[NH+](CC)CCN1C(=O)/C(=C/c2ccc(C=O)cc2)SC1=S. The summed E-state index contributed by atoms with van der Waals surface area (Å²) >= 11 is 6.69. The Balaban J connectivity index is 2.07. The van der Waals surface area contributed by atoms with Gasteiger partial charge in [-0.1, -0.05) is 48.2 Å². The van der Waals surface area contributed by atoms with Gasteiger partial charge in [0, 0.05) is 5.56 Å². The fourth-order valence-electron chi connectivity index (χ4n) is 2.39. The number of nitrogens with one attached hydrogen (secondary N) is 1. The molecule has 1 amide bonds. The molecule has 0 saturated carbocycles. The van der Waals surface area contributed by atoms with Gasteiger partial charge >= 0.3 is 0 Å².